The zero-order valence-corrected chi connectivity index (χ0v) is 9.60. The lowest BCUT2D eigenvalue weighted by atomic mass is 10.3. The van der Waals surface area contributed by atoms with E-state index >= 15 is 0 Å². The molecule has 2 aromatic rings. The minimum Gasteiger partial charge on any atom is -0.390 e. The van der Waals surface area contributed by atoms with Gasteiger partial charge in [0.15, 0.2) is 0 Å². The van der Waals surface area contributed by atoms with Crippen molar-refractivity contribution in [3.63, 3.8) is 0 Å². The van der Waals surface area contributed by atoms with Crippen molar-refractivity contribution >= 4 is 0 Å². The zero-order chi connectivity index (χ0) is 11.7. The van der Waals surface area contributed by atoms with E-state index < -0.39 is 0 Å². The van der Waals surface area contributed by atoms with E-state index in [1.807, 2.05) is 26.8 Å². The first kappa shape index (κ1) is 10.8. The van der Waals surface area contributed by atoms with Crippen molar-refractivity contribution in [3.8, 4) is 5.95 Å². The number of aryl methyl sites for hydroxylation is 3. The first-order chi connectivity index (χ1) is 7.60. The fourth-order valence-electron chi connectivity index (χ4n) is 1.62. The molecule has 16 heavy (non-hydrogen) atoms. The first-order valence-electron chi connectivity index (χ1n) is 5.09. The lowest BCUT2D eigenvalue weighted by Crippen LogP contribution is -2.08. The molecule has 0 radical (unpaired) electrons. The van der Waals surface area contributed by atoms with Gasteiger partial charge in [0, 0.05) is 11.4 Å². The Balaban J connectivity index is 2.55. The van der Waals surface area contributed by atoms with Gasteiger partial charge < -0.3 is 5.11 Å². The Bertz CT molecular complexity index is 519. The van der Waals surface area contributed by atoms with Crippen LogP contribution in [0.5, 0.6) is 0 Å². The van der Waals surface area contributed by atoms with Crippen LogP contribution in [0.15, 0.2) is 12.1 Å². The van der Waals surface area contributed by atoms with E-state index in [0.717, 1.165) is 17.1 Å². The Hall–Kier alpha value is -1.75. The molecule has 0 aliphatic carbocycles. The highest BCUT2D eigenvalue weighted by Crippen LogP contribution is 2.09. The number of hydrogen-bond acceptors (Lipinski definition) is 4. The van der Waals surface area contributed by atoms with Crippen LogP contribution >= 0.6 is 0 Å². The summed E-state index contributed by atoms with van der Waals surface area (Å²) in [6, 6.07) is 3.72. The van der Waals surface area contributed by atoms with E-state index in [1.54, 1.807) is 10.7 Å². The van der Waals surface area contributed by atoms with Gasteiger partial charge in [0.05, 0.1) is 18.0 Å². The van der Waals surface area contributed by atoms with Gasteiger partial charge >= 0.3 is 0 Å². The summed E-state index contributed by atoms with van der Waals surface area (Å²) in [5, 5.41) is 13.4. The highest BCUT2D eigenvalue weighted by Gasteiger charge is 2.08. The summed E-state index contributed by atoms with van der Waals surface area (Å²) in [4.78, 5) is 8.54. The van der Waals surface area contributed by atoms with Crippen LogP contribution in [0.25, 0.3) is 5.95 Å². The SMILES string of the molecule is Cc1cc(CO)nc(-n2nc(C)cc2C)n1. The first-order valence-corrected chi connectivity index (χ1v) is 5.09. The van der Waals surface area contributed by atoms with Crippen molar-refractivity contribution in [1.29, 1.82) is 0 Å². The predicted molar refractivity (Wildman–Crippen MR) is 59.3 cm³/mol. The Morgan fingerprint density at radius 2 is 1.88 bits per heavy atom. The second kappa shape index (κ2) is 4.02. The molecule has 0 bridgehead atoms. The lowest BCUT2D eigenvalue weighted by Gasteiger charge is -2.05. The van der Waals surface area contributed by atoms with E-state index in [9.17, 15) is 0 Å². The number of rotatable bonds is 2. The highest BCUT2D eigenvalue weighted by molar-refractivity contribution is 5.22. The second-order valence-electron chi connectivity index (χ2n) is 3.80. The van der Waals surface area contributed by atoms with Gasteiger partial charge in [-0.05, 0) is 32.9 Å². The van der Waals surface area contributed by atoms with Crippen LogP contribution in [-0.4, -0.2) is 24.9 Å². The summed E-state index contributed by atoms with van der Waals surface area (Å²) in [6.07, 6.45) is 0. The summed E-state index contributed by atoms with van der Waals surface area (Å²) < 4.78 is 1.68. The molecular formula is C11H14N4O. The molecule has 0 spiro atoms. The molecule has 1 N–H and O–H groups in total. The summed E-state index contributed by atoms with van der Waals surface area (Å²) in [5.74, 6) is 0.509. The predicted octanol–water partition coefficient (Wildman–Crippen LogP) is 1.08. The molecule has 2 rings (SSSR count). The molecule has 0 amide bonds. The van der Waals surface area contributed by atoms with Crippen LogP contribution in [-0.2, 0) is 6.61 Å². The number of hydrogen-bond donors (Lipinski definition) is 1. The van der Waals surface area contributed by atoms with Crippen LogP contribution < -0.4 is 0 Å². The fourth-order valence-corrected chi connectivity index (χ4v) is 1.62. The van der Waals surface area contributed by atoms with Gasteiger partial charge in [-0.1, -0.05) is 0 Å². The zero-order valence-electron chi connectivity index (χ0n) is 9.60. The minimum atomic E-state index is -0.0876. The molecule has 0 aliphatic rings. The maximum Gasteiger partial charge on any atom is 0.251 e. The Morgan fingerprint density at radius 3 is 2.44 bits per heavy atom. The smallest absolute Gasteiger partial charge is 0.251 e. The third-order valence-electron chi connectivity index (χ3n) is 2.26. The molecule has 0 aromatic carbocycles. The van der Waals surface area contributed by atoms with Gasteiger partial charge in [-0.25, -0.2) is 14.6 Å². The molecule has 0 unspecified atom stereocenters. The topological polar surface area (TPSA) is 63.8 Å². The Kier molecular flexibility index (Phi) is 2.70. The Labute approximate surface area is 93.8 Å². The van der Waals surface area contributed by atoms with Crippen molar-refractivity contribution < 1.29 is 5.11 Å². The number of aliphatic hydroxyl groups excluding tert-OH is 1. The molecule has 0 fully saturated rings. The van der Waals surface area contributed by atoms with Crippen molar-refractivity contribution in [1.82, 2.24) is 19.7 Å². The molecule has 0 saturated carbocycles. The van der Waals surface area contributed by atoms with Crippen LogP contribution in [0.4, 0.5) is 0 Å². The molecule has 0 atom stereocenters. The van der Waals surface area contributed by atoms with Crippen LogP contribution in [0.2, 0.25) is 0 Å². The van der Waals surface area contributed by atoms with Crippen molar-refractivity contribution in [3.05, 3.63) is 34.9 Å². The van der Waals surface area contributed by atoms with E-state index in [1.165, 1.54) is 0 Å². The van der Waals surface area contributed by atoms with Crippen LogP contribution in [0.3, 0.4) is 0 Å². The fraction of sp³-hybridized carbons (Fsp3) is 0.364. The Morgan fingerprint density at radius 1 is 1.12 bits per heavy atom. The molecule has 5 heteroatoms. The maximum absolute atomic E-state index is 9.09. The number of nitrogens with zero attached hydrogens (tertiary/aromatic N) is 4. The molecule has 5 nitrogen and oxygen atoms in total. The largest absolute Gasteiger partial charge is 0.390 e. The molecular weight excluding hydrogens is 204 g/mol. The average Bonchev–Trinajstić information content (AvgIpc) is 2.57. The quantitative estimate of drug-likeness (QED) is 0.819. The second-order valence-corrected chi connectivity index (χ2v) is 3.80. The average molecular weight is 218 g/mol. The normalized spacial score (nSPS) is 10.8. The molecule has 0 aliphatic heterocycles. The van der Waals surface area contributed by atoms with Crippen LogP contribution in [0, 0.1) is 20.8 Å². The van der Waals surface area contributed by atoms with Gasteiger partial charge in [-0.3, -0.25) is 0 Å². The van der Waals surface area contributed by atoms with Crippen LogP contribution in [0.1, 0.15) is 22.8 Å². The van der Waals surface area contributed by atoms with E-state index in [2.05, 4.69) is 15.1 Å². The number of aromatic nitrogens is 4. The van der Waals surface area contributed by atoms with Gasteiger partial charge in [0.1, 0.15) is 0 Å². The summed E-state index contributed by atoms with van der Waals surface area (Å²) >= 11 is 0. The summed E-state index contributed by atoms with van der Waals surface area (Å²) in [6.45, 7) is 5.66. The van der Waals surface area contributed by atoms with Gasteiger partial charge in [0.2, 0.25) is 0 Å². The van der Waals surface area contributed by atoms with E-state index in [-0.39, 0.29) is 6.61 Å². The van der Waals surface area contributed by atoms with Crippen molar-refractivity contribution in [2.24, 2.45) is 0 Å². The molecule has 2 heterocycles. The highest BCUT2D eigenvalue weighted by atomic mass is 16.3. The van der Waals surface area contributed by atoms with Gasteiger partial charge in [-0.15, -0.1) is 0 Å². The maximum atomic E-state index is 9.09. The monoisotopic (exact) mass is 218 g/mol. The summed E-state index contributed by atoms with van der Waals surface area (Å²) in [7, 11) is 0. The van der Waals surface area contributed by atoms with Gasteiger partial charge in [0.25, 0.3) is 5.95 Å². The molecule has 0 saturated heterocycles. The standard InChI is InChI=1S/C11H14N4O/c1-7-5-10(6-16)13-11(12-7)15-9(3)4-8(2)14-15/h4-5,16H,6H2,1-3H3. The van der Waals surface area contributed by atoms with Crippen molar-refractivity contribution in [2.75, 3.05) is 0 Å². The summed E-state index contributed by atoms with van der Waals surface area (Å²) in [5.41, 5.74) is 3.33. The lowest BCUT2D eigenvalue weighted by molar-refractivity contribution is 0.276. The van der Waals surface area contributed by atoms with Crippen molar-refractivity contribution in [2.45, 2.75) is 27.4 Å². The molecule has 2 aromatic heterocycles. The van der Waals surface area contributed by atoms with Gasteiger partial charge in [-0.2, -0.15) is 5.10 Å². The minimum absolute atomic E-state index is 0.0876. The number of aliphatic hydroxyl groups is 1. The van der Waals surface area contributed by atoms with E-state index in [4.69, 9.17) is 5.11 Å². The third kappa shape index (κ3) is 1.94. The molecule has 84 valence electrons. The third-order valence-corrected chi connectivity index (χ3v) is 2.26. The van der Waals surface area contributed by atoms with E-state index in [0.29, 0.717) is 11.6 Å².